The van der Waals surface area contributed by atoms with Crippen LogP contribution < -0.4 is 15.5 Å². The fourth-order valence-corrected chi connectivity index (χ4v) is 5.53. The van der Waals surface area contributed by atoms with Gasteiger partial charge < -0.3 is 15.5 Å². The molecule has 1 spiro atoms. The number of piperazine rings is 1. The van der Waals surface area contributed by atoms with Gasteiger partial charge in [-0.3, -0.25) is 9.78 Å². The number of hydrogen-bond acceptors (Lipinski definition) is 8. The second-order valence-electron chi connectivity index (χ2n) is 10.2. The molecule has 4 aromatic rings. The highest BCUT2D eigenvalue weighted by molar-refractivity contribution is 7.90. The largest absolute Gasteiger partial charge is 0.353 e. The van der Waals surface area contributed by atoms with Crippen LogP contribution in [0, 0.1) is 5.82 Å². The summed E-state index contributed by atoms with van der Waals surface area (Å²) in [5.41, 5.74) is 2.92. The molecule has 2 N–H and O–H groups in total. The van der Waals surface area contributed by atoms with E-state index in [-0.39, 0.29) is 22.5 Å². The Labute approximate surface area is 225 Å². The summed E-state index contributed by atoms with van der Waals surface area (Å²) in [5.74, 6) is -0.466. The first-order valence-electron chi connectivity index (χ1n) is 12.7. The second kappa shape index (κ2) is 9.65. The van der Waals surface area contributed by atoms with E-state index in [0.717, 1.165) is 66.7 Å². The van der Waals surface area contributed by atoms with Gasteiger partial charge in [-0.25, -0.2) is 22.8 Å². The number of anilines is 1. The molecule has 1 aliphatic heterocycles. The molecule has 0 bridgehead atoms. The van der Waals surface area contributed by atoms with Crippen molar-refractivity contribution in [1.29, 1.82) is 0 Å². The van der Waals surface area contributed by atoms with Crippen molar-refractivity contribution in [3.05, 3.63) is 77.9 Å². The average molecular weight is 547 g/mol. The van der Waals surface area contributed by atoms with E-state index in [9.17, 15) is 17.6 Å². The third-order valence-corrected chi connectivity index (χ3v) is 8.26. The third kappa shape index (κ3) is 5.45. The van der Waals surface area contributed by atoms with Gasteiger partial charge in [0.25, 0.3) is 5.91 Å². The topological polar surface area (TPSA) is 117 Å². The van der Waals surface area contributed by atoms with Crippen molar-refractivity contribution >= 4 is 32.5 Å². The Morgan fingerprint density at radius 3 is 2.72 bits per heavy atom. The minimum atomic E-state index is -3.66. The Morgan fingerprint density at radius 2 is 1.92 bits per heavy atom. The van der Waals surface area contributed by atoms with E-state index in [2.05, 4.69) is 20.5 Å². The minimum absolute atomic E-state index is 0.0594. The number of hydrogen-bond donors (Lipinski definition) is 2. The van der Waals surface area contributed by atoms with Crippen LogP contribution in [0.3, 0.4) is 0 Å². The molecule has 1 amide bonds. The Hall–Kier alpha value is -3.96. The zero-order valence-electron chi connectivity index (χ0n) is 21.3. The summed E-state index contributed by atoms with van der Waals surface area (Å²) in [6.45, 7) is 2.88. The van der Waals surface area contributed by atoms with Crippen molar-refractivity contribution in [2.45, 2.75) is 29.8 Å². The Kier molecular flexibility index (Phi) is 6.27. The summed E-state index contributed by atoms with van der Waals surface area (Å²) in [7, 11) is -3.66. The van der Waals surface area contributed by atoms with Gasteiger partial charge in [-0.05, 0) is 61.4 Å². The van der Waals surface area contributed by atoms with Crippen molar-refractivity contribution in [2.24, 2.45) is 0 Å². The van der Waals surface area contributed by atoms with Gasteiger partial charge in [-0.15, -0.1) is 0 Å². The number of halogens is 1. The molecule has 3 aromatic heterocycles. The van der Waals surface area contributed by atoms with E-state index in [1.165, 1.54) is 12.8 Å². The zero-order chi connectivity index (χ0) is 27.2. The molecule has 9 nitrogen and oxygen atoms in total. The molecule has 2 fully saturated rings. The number of amides is 1. The fourth-order valence-electron chi connectivity index (χ4n) is 4.86. The van der Waals surface area contributed by atoms with Crippen LogP contribution in [0.4, 0.5) is 10.2 Å². The van der Waals surface area contributed by atoms with Crippen LogP contribution in [0.1, 0.15) is 28.9 Å². The van der Waals surface area contributed by atoms with Crippen LogP contribution in [0.15, 0.2) is 65.7 Å². The molecule has 200 valence electrons. The smallest absolute Gasteiger partial charge is 0.251 e. The number of rotatable bonds is 6. The van der Waals surface area contributed by atoms with Crippen LogP contribution in [-0.4, -0.2) is 60.7 Å². The van der Waals surface area contributed by atoms with Gasteiger partial charge in [0.15, 0.2) is 9.84 Å². The van der Waals surface area contributed by atoms with Crippen molar-refractivity contribution in [3.8, 4) is 11.4 Å². The molecule has 11 heteroatoms. The van der Waals surface area contributed by atoms with Gasteiger partial charge >= 0.3 is 0 Å². The molecule has 2 aliphatic rings. The molecular weight excluding hydrogens is 519 g/mol. The van der Waals surface area contributed by atoms with Gasteiger partial charge in [-0.1, -0.05) is 6.07 Å². The Bertz CT molecular complexity index is 1710. The summed E-state index contributed by atoms with van der Waals surface area (Å²) in [5, 5.41) is 7.14. The van der Waals surface area contributed by atoms with Crippen LogP contribution in [-0.2, 0) is 16.4 Å². The number of sulfone groups is 1. The normalized spacial score (nSPS) is 16.4. The van der Waals surface area contributed by atoms with Gasteiger partial charge in [0.05, 0.1) is 34.0 Å². The van der Waals surface area contributed by atoms with Crippen LogP contribution in [0.5, 0.6) is 0 Å². The first-order chi connectivity index (χ1) is 18.7. The lowest BCUT2D eigenvalue weighted by Crippen LogP contribution is -2.52. The molecule has 1 aliphatic carbocycles. The van der Waals surface area contributed by atoms with Crippen LogP contribution >= 0.6 is 0 Å². The van der Waals surface area contributed by atoms with Crippen molar-refractivity contribution < 1.29 is 17.6 Å². The Balaban J connectivity index is 1.20. The van der Waals surface area contributed by atoms with Crippen molar-refractivity contribution in [3.63, 3.8) is 0 Å². The minimum Gasteiger partial charge on any atom is -0.353 e. The van der Waals surface area contributed by atoms with Gasteiger partial charge in [-0.2, -0.15) is 0 Å². The number of pyridine rings is 3. The summed E-state index contributed by atoms with van der Waals surface area (Å²) in [6.07, 6.45) is 5.05. The lowest BCUT2D eigenvalue weighted by Gasteiger charge is -2.35. The number of nitrogens with one attached hydrogen (secondary N) is 2. The molecular formula is C28H27FN6O3S. The predicted octanol–water partition coefficient (Wildman–Crippen LogP) is 3.11. The third-order valence-electron chi connectivity index (χ3n) is 7.17. The van der Waals surface area contributed by atoms with Crippen LogP contribution in [0.25, 0.3) is 22.3 Å². The summed E-state index contributed by atoms with van der Waals surface area (Å²) in [6, 6.07) is 14.7. The standard InChI is InChI=1S/C28H27FN6O3S/c1-39(37,38)22-12-19(11-20(29)13-22)27(36)31-16-21-14-25-18(15-30-21)5-6-24(33-25)23-3-2-4-26(34-23)35-10-9-32-28(17-35)7-8-28/h2-6,11-15,32H,7-10,16-17H2,1H3,(H,31,36). The molecule has 0 radical (unpaired) electrons. The summed E-state index contributed by atoms with van der Waals surface area (Å²) >= 11 is 0. The van der Waals surface area contributed by atoms with E-state index in [4.69, 9.17) is 9.97 Å². The Morgan fingerprint density at radius 1 is 1.10 bits per heavy atom. The van der Waals surface area contributed by atoms with Gasteiger partial charge in [0.2, 0.25) is 0 Å². The SMILES string of the molecule is CS(=O)(=O)c1cc(F)cc(C(=O)NCc2cc3nc(-c4cccc(N5CCNC6(CC6)C5)n4)ccc3cn2)c1. The van der Waals surface area contributed by atoms with Crippen molar-refractivity contribution in [2.75, 3.05) is 30.8 Å². The molecule has 1 saturated heterocycles. The molecule has 0 unspecified atom stereocenters. The van der Waals surface area contributed by atoms with Crippen LogP contribution in [0.2, 0.25) is 0 Å². The molecule has 0 atom stereocenters. The second-order valence-corrected chi connectivity index (χ2v) is 12.2. The highest BCUT2D eigenvalue weighted by Gasteiger charge is 2.45. The van der Waals surface area contributed by atoms with E-state index in [1.807, 2.05) is 30.3 Å². The van der Waals surface area contributed by atoms with Gasteiger partial charge in [0.1, 0.15) is 11.6 Å². The maximum absolute atomic E-state index is 13.9. The molecule has 6 rings (SSSR count). The van der Waals surface area contributed by atoms with Crippen molar-refractivity contribution in [1.82, 2.24) is 25.6 Å². The first kappa shape index (κ1) is 25.3. The lowest BCUT2D eigenvalue weighted by atomic mass is 10.1. The van der Waals surface area contributed by atoms with Gasteiger partial charge in [0, 0.05) is 48.6 Å². The first-order valence-corrected chi connectivity index (χ1v) is 14.6. The molecule has 4 heterocycles. The van der Waals surface area contributed by atoms with E-state index < -0.39 is 21.6 Å². The number of fused-ring (bicyclic) bond motifs is 1. The maximum Gasteiger partial charge on any atom is 0.251 e. The highest BCUT2D eigenvalue weighted by atomic mass is 32.2. The molecule has 1 saturated carbocycles. The summed E-state index contributed by atoms with van der Waals surface area (Å²) < 4.78 is 37.5. The highest BCUT2D eigenvalue weighted by Crippen LogP contribution is 2.38. The number of aromatic nitrogens is 3. The van der Waals surface area contributed by atoms with E-state index in [1.54, 1.807) is 12.3 Å². The number of carbonyl (C=O) groups is 1. The van der Waals surface area contributed by atoms with E-state index in [0.29, 0.717) is 11.2 Å². The quantitative estimate of drug-likeness (QED) is 0.379. The molecule has 39 heavy (non-hydrogen) atoms. The average Bonchev–Trinajstić information content (AvgIpc) is 3.68. The number of carbonyl (C=O) groups excluding carboxylic acids is 1. The fraction of sp³-hybridized carbons (Fsp3) is 0.286. The van der Waals surface area contributed by atoms with E-state index >= 15 is 0 Å². The lowest BCUT2D eigenvalue weighted by molar-refractivity contribution is 0.0949. The maximum atomic E-state index is 13.9. The summed E-state index contributed by atoms with van der Waals surface area (Å²) in [4.78, 5) is 28.8. The predicted molar refractivity (Wildman–Crippen MR) is 146 cm³/mol. The molecule has 1 aromatic carbocycles. The number of benzene rings is 1. The zero-order valence-corrected chi connectivity index (χ0v) is 22.1. The monoisotopic (exact) mass is 546 g/mol. The number of nitrogens with zero attached hydrogens (tertiary/aromatic N) is 4.